The van der Waals surface area contributed by atoms with Gasteiger partial charge in [-0.2, -0.15) is 0 Å². The van der Waals surface area contributed by atoms with Crippen LogP contribution in [-0.2, 0) is 11.2 Å². The molecule has 0 radical (unpaired) electrons. The Kier molecular flexibility index (Phi) is 4.26. The van der Waals surface area contributed by atoms with E-state index in [4.69, 9.17) is 5.11 Å². The first-order chi connectivity index (χ1) is 9.16. The molecular weight excluding hydrogens is 258 g/mol. The van der Waals surface area contributed by atoms with Crippen LogP contribution in [0, 0.1) is 0 Å². The lowest BCUT2D eigenvalue weighted by Crippen LogP contribution is -1.98. The van der Waals surface area contributed by atoms with Gasteiger partial charge >= 0.3 is 5.97 Å². The molecule has 4 heteroatoms. The Morgan fingerprint density at radius 1 is 1.37 bits per heavy atom. The molecule has 0 bridgehead atoms. The molecule has 1 aromatic carbocycles. The number of aromatic nitrogens is 1. The first kappa shape index (κ1) is 13.2. The van der Waals surface area contributed by atoms with Gasteiger partial charge < -0.3 is 5.11 Å². The zero-order chi connectivity index (χ0) is 13.7. The molecule has 0 aliphatic carbocycles. The average molecular weight is 271 g/mol. The summed E-state index contributed by atoms with van der Waals surface area (Å²) in [7, 11) is 0. The highest BCUT2D eigenvalue weighted by molar-refractivity contribution is 7.09. The number of carboxylic acids is 1. The minimum absolute atomic E-state index is 0.0366. The fourth-order valence-corrected chi connectivity index (χ4v) is 2.30. The molecule has 19 heavy (non-hydrogen) atoms. The Morgan fingerprint density at radius 3 is 2.79 bits per heavy atom. The standard InChI is InChI=1S/C15H13NO2S/c1-11(15(17)18)13-10-19-14(16-13)9-5-8-12-6-3-2-4-7-12/h2-8,10H,1,9H2,(H,17,18)/b8-5+. The van der Waals surface area contributed by atoms with Crippen molar-refractivity contribution in [2.75, 3.05) is 0 Å². The van der Waals surface area contributed by atoms with Crippen LogP contribution in [0.3, 0.4) is 0 Å². The van der Waals surface area contributed by atoms with Crippen LogP contribution in [0.1, 0.15) is 16.3 Å². The van der Waals surface area contributed by atoms with Gasteiger partial charge in [-0.3, -0.25) is 0 Å². The van der Waals surface area contributed by atoms with Crippen LogP contribution in [0.15, 0.2) is 48.4 Å². The molecule has 0 aliphatic heterocycles. The number of carboxylic acid groups (broad SMARTS) is 1. The van der Waals surface area contributed by atoms with E-state index in [0.717, 1.165) is 10.6 Å². The van der Waals surface area contributed by atoms with Gasteiger partial charge in [-0.15, -0.1) is 11.3 Å². The molecule has 2 aromatic rings. The average Bonchev–Trinajstić information content (AvgIpc) is 2.88. The highest BCUT2D eigenvalue weighted by atomic mass is 32.1. The topological polar surface area (TPSA) is 50.2 Å². The van der Waals surface area contributed by atoms with Crippen LogP contribution in [0.4, 0.5) is 0 Å². The van der Waals surface area contributed by atoms with E-state index in [2.05, 4.69) is 11.6 Å². The van der Waals surface area contributed by atoms with Gasteiger partial charge in [0, 0.05) is 11.8 Å². The van der Waals surface area contributed by atoms with Crippen LogP contribution in [0.25, 0.3) is 11.6 Å². The molecule has 2 rings (SSSR count). The maximum atomic E-state index is 10.8. The van der Waals surface area contributed by atoms with Gasteiger partial charge in [-0.1, -0.05) is 49.1 Å². The number of benzene rings is 1. The maximum absolute atomic E-state index is 10.8. The van der Waals surface area contributed by atoms with E-state index < -0.39 is 5.97 Å². The Balaban J connectivity index is 1.99. The van der Waals surface area contributed by atoms with Gasteiger partial charge in [-0.05, 0) is 5.56 Å². The van der Waals surface area contributed by atoms with Crippen LogP contribution in [0.2, 0.25) is 0 Å². The summed E-state index contributed by atoms with van der Waals surface area (Å²) in [5.41, 5.74) is 1.62. The molecule has 0 atom stereocenters. The van der Waals surface area contributed by atoms with Crippen molar-refractivity contribution >= 4 is 29.0 Å². The normalized spacial score (nSPS) is 10.7. The summed E-state index contributed by atoms with van der Waals surface area (Å²) < 4.78 is 0. The summed E-state index contributed by atoms with van der Waals surface area (Å²) in [5, 5.41) is 11.4. The number of thiazole rings is 1. The van der Waals surface area contributed by atoms with E-state index in [1.807, 2.05) is 42.5 Å². The molecule has 0 unspecified atom stereocenters. The second-order valence-electron chi connectivity index (χ2n) is 3.93. The number of hydrogen-bond acceptors (Lipinski definition) is 3. The van der Waals surface area contributed by atoms with E-state index in [-0.39, 0.29) is 5.57 Å². The second-order valence-corrected chi connectivity index (χ2v) is 4.87. The molecule has 1 aromatic heterocycles. The van der Waals surface area contributed by atoms with Crippen LogP contribution >= 0.6 is 11.3 Å². The maximum Gasteiger partial charge on any atom is 0.337 e. The predicted octanol–water partition coefficient (Wildman–Crippen LogP) is 3.50. The quantitative estimate of drug-likeness (QED) is 0.847. The molecule has 96 valence electrons. The van der Waals surface area contributed by atoms with Gasteiger partial charge in [0.1, 0.15) is 0 Å². The van der Waals surface area contributed by atoms with E-state index in [1.54, 1.807) is 5.38 Å². The van der Waals surface area contributed by atoms with Crippen LogP contribution in [0.5, 0.6) is 0 Å². The smallest absolute Gasteiger partial charge is 0.337 e. The van der Waals surface area contributed by atoms with Gasteiger partial charge in [-0.25, -0.2) is 9.78 Å². The van der Waals surface area contributed by atoms with Crippen molar-refractivity contribution in [3.05, 3.63) is 64.6 Å². The van der Waals surface area contributed by atoms with Crippen molar-refractivity contribution in [3.8, 4) is 0 Å². The Labute approximate surface area is 115 Å². The number of aliphatic carboxylic acids is 1. The van der Waals surface area contributed by atoms with Crippen LogP contribution < -0.4 is 0 Å². The summed E-state index contributed by atoms with van der Waals surface area (Å²) in [6.07, 6.45) is 4.72. The van der Waals surface area contributed by atoms with Crippen molar-refractivity contribution in [3.63, 3.8) is 0 Å². The summed E-state index contributed by atoms with van der Waals surface area (Å²) >= 11 is 1.44. The SMILES string of the molecule is C=C(C(=O)O)c1csc(C/C=C/c2ccccc2)n1. The third kappa shape index (κ3) is 3.63. The zero-order valence-corrected chi connectivity index (χ0v) is 11.1. The first-order valence-corrected chi connectivity index (χ1v) is 6.63. The fraction of sp³-hybridized carbons (Fsp3) is 0.0667. The second kappa shape index (κ2) is 6.11. The third-order valence-electron chi connectivity index (χ3n) is 2.52. The van der Waals surface area contributed by atoms with E-state index in [0.29, 0.717) is 12.1 Å². The lowest BCUT2D eigenvalue weighted by Gasteiger charge is -1.93. The number of allylic oxidation sites excluding steroid dienone is 1. The summed E-state index contributed by atoms with van der Waals surface area (Å²) in [6, 6.07) is 9.99. The molecule has 0 fully saturated rings. The molecule has 0 saturated carbocycles. The molecular formula is C15H13NO2S. The molecule has 1 heterocycles. The van der Waals surface area contributed by atoms with Gasteiger partial charge in [0.2, 0.25) is 0 Å². The van der Waals surface area contributed by atoms with Crippen molar-refractivity contribution in [1.29, 1.82) is 0 Å². The van der Waals surface area contributed by atoms with E-state index in [9.17, 15) is 4.79 Å². The Morgan fingerprint density at radius 2 is 2.11 bits per heavy atom. The Hall–Kier alpha value is -2.20. The molecule has 1 N–H and O–H groups in total. The largest absolute Gasteiger partial charge is 0.478 e. The molecule has 3 nitrogen and oxygen atoms in total. The molecule has 0 spiro atoms. The highest BCUT2D eigenvalue weighted by Gasteiger charge is 2.10. The van der Waals surface area contributed by atoms with Gasteiger partial charge in [0.15, 0.2) is 0 Å². The van der Waals surface area contributed by atoms with E-state index in [1.165, 1.54) is 11.3 Å². The van der Waals surface area contributed by atoms with Crippen molar-refractivity contribution in [2.24, 2.45) is 0 Å². The molecule has 0 aliphatic rings. The summed E-state index contributed by atoms with van der Waals surface area (Å²) in [5.74, 6) is -1.03. The van der Waals surface area contributed by atoms with Gasteiger partial charge in [0.05, 0.1) is 16.3 Å². The summed E-state index contributed by atoms with van der Waals surface area (Å²) in [4.78, 5) is 15.0. The lowest BCUT2D eigenvalue weighted by molar-refractivity contribution is -0.130. The van der Waals surface area contributed by atoms with Crippen molar-refractivity contribution in [1.82, 2.24) is 4.98 Å². The highest BCUT2D eigenvalue weighted by Crippen LogP contribution is 2.17. The lowest BCUT2D eigenvalue weighted by atomic mass is 10.2. The third-order valence-corrected chi connectivity index (χ3v) is 3.39. The first-order valence-electron chi connectivity index (χ1n) is 5.75. The zero-order valence-electron chi connectivity index (χ0n) is 10.2. The Bertz CT molecular complexity index is 614. The number of hydrogen-bond donors (Lipinski definition) is 1. The minimum Gasteiger partial charge on any atom is -0.478 e. The predicted molar refractivity (Wildman–Crippen MR) is 78.0 cm³/mol. The van der Waals surface area contributed by atoms with Crippen LogP contribution in [-0.4, -0.2) is 16.1 Å². The van der Waals surface area contributed by atoms with E-state index >= 15 is 0 Å². The number of nitrogens with zero attached hydrogens (tertiary/aromatic N) is 1. The molecule has 0 amide bonds. The summed E-state index contributed by atoms with van der Waals surface area (Å²) in [6.45, 7) is 3.49. The van der Waals surface area contributed by atoms with Crippen molar-refractivity contribution < 1.29 is 9.90 Å². The van der Waals surface area contributed by atoms with Gasteiger partial charge in [0.25, 0.3) is 0 Å². The fourth-order valence-electron chi connectivity index (χ4n) is 1.51. The van der Waals surface area contributed by atoms with Crippen molar-refractivity contribution in [2.45, 2.75) is 6.42 Å². The monoisotopic (exact) mass is 271 g/mol. The molecule has 0 saturated heterocycles. The minimum atomic E-state index is -1.03. The number of rotatable bonds is 5. The number of carbonyl (C=O) groups is 1.